The molecular weight excluding hydrogens is 242 g/mol. The summed E-state index contributed by atoms with van der Waals surface area (Å²) in [7, 11) is 0. The molecule has 0 aliphatic carbocycles. The van der Waals surface area contributed by atoms with Gasteiger partial charge in [-0.2, -0.15) is 0 Å². The van der Waals surface area contributed by atoms with Crippen molar-refractivity contribution in [2.75, 3.05) is 18.5 Å². The standard InChI is InChI=1S/C14H21N3O2/c1-10-4-5-11(12(8-10)16-15)13(18)17-7-3-6-14(2,19)9-17/h4-5,8,16,19H,3,6-7,9,15H2,1-2H3. The number of nitrogens with one attached hydrogen (secondary N) is 1. The van der Waals surface area contributed by atoms with Gasteiger partial charge in [0.25, 0.3) is 5.91 Å². The first-order chi connectivity index (χ1) is 8.93. The summed E-state index contributed by atoms with van der Waals surface area (Å²) in [5.74, 6) is 5.38. The first-order valence-electron chi connectivity index (χ1n) is 6.52. The molecule has 5 heteroatoms. The van der Waals surface area contributed by atoms with Gasteiger partial charge in [-0.1, -0.05) is 6.07 Å². The molecule has 1 aromatic carbocycles. The van der Waals surface area contributed by atoms with Crippen molar-refractivity contribution in [3.05, 3.63) is 29.3 Å². The van der Waals surface area contributed by atoms with Gasteiger partial charge in [0.1, 0.15) is 0 Å². The van der Waals surface area contributed by atoms with Crippen LogP contribution in [0.25, 0.3) is 0 Å². The lowest BCUT2D eigenvalue weighted by atomic mass is 9.94. The summed E-state index contributed by atoms with van der Waals surface area (Å²) < 4.78 is 0. The molecule has 19 heavy (non-hydrogen) atoms. The fourth-order valence-electron chi connectivity index (χ4n) is 2.53. The van der Waals surface area contributed by atoms with Crippen molar-refractivity contribution in [3.63, 3.8) is 0 Å². The van der Waals surface area contributed by atoms with Gasteiger partial charge in [0.05, 0.1) is 16.9 Å². The zero-order chi connectivity index (χ0) is 14.0. The molecule has 1 saturated heterocycles. The molecule has 1 aliphatic rings. The van der Waals surface area contributed by atoms with Crippen LogP contribution in [0.4, 0.5) is 5.69 Å². The molecular formula is C14H21N3O2. The summed E-state index contributed by atoms with van der Waals surface area (Å²) in [5, 5.41) is 10.1. The van der Waals surface area contributed by atoms with Gasteiger partial charge in [-0.05, 0) is 44.4 Å². The van der Waals surface area contributed by atoms with Crippen LogP contribution in [0, 0.1) is 6.92 Å². The average Bonchev–Trinajstić information content (AvgIpc) is 2.36. The minimum atomic E-state index is -0.797. The topological polar surface area (TPSA) is 78.6 Å². The Balaban J connectivity index is 2.24. The molecule has 0 aromatic heterocycles. The second-order valence-corrected chi connectivity index (χ2v) is 5.52. The lowest BCUT2D eigenvalue weighted by Gasteiger charge is -2.37. The van der Waals surface area contributed by atoms with Gasteiger partial charge in [-0.3, -0.25) is 10.6 Å². The molecule has 104 valence electrons. The van der Waals surface area contributed by atoms with Crippen molar-refractivity contribution in [1.29, 1.82) is 0 Å². The number of nitrogens with zero attached hydrogens (tertiary/aromatic N) is 1. The third kappa shape index (κ3) is 3.05. The maximum atomic E-state index is 12.5. The van der Waals surface area contributed by atoms with Crippen LogP contribution in [0.5, 0.6) is 0 Å². The number of hydrogen-bond acceptors (Lipinski definition) is 4. The highest BCUT2D eigenvalue weighted by Crippen LogP contribution is 2.24. The first kappa shape index (κ1) is 13.8. The van der Waals surface area contributed by atoms with E-state index < -0.39 is 5.60 Å². The van der Waals surface area contributed by atoms with E-state index in [0.717, 1.165) is 18.4 Å². The molecule has 1 unspecified atom stereocenters. The number of carbonyl (C=O) groups excluding carboxylic acids is 1. The molecule has 5 nitrogen and oxygen atoms in total. The van der Waals surface area contributed by atoms with E-state index in [-0.39, 0.29) is 5.91 Å². The number of rotatable bonds is 2. The van der Waals surface area contributed by atoms with E-state index in [1.54, 1.807) is 17.9 Å². The number of carbonyl (C=O) groups is 1. The number of amides is 1. The largest absolute Gasteiger partial charge is 0.388 e. The second kappa shape index (κ2) is 5.19. The summed E-state index contributed by atoms with van der Waals surface area (Å²) in [6.07, 6.45) is 1.54. The number of nitrogens with two attached hydrogens (primary N) is 1. The molecule has 1 aromatic rings. The van der Waals surface area contributed by atoms with Crippen LogP contribution in [0.3, 0.4) is 0 Å². The van der Waals surface area contributed by atoms with Crippen LogP contribution >= 0.6 is 0 Å². The number of benzene rings is 1. The van der Waals surface area contributed by atoms with E-state index in [2.05, 4.69) is 5.43 Å². The number of piperidine rings is 1. The number of hydrogen-bond donors (Lipinski definition) is 3. The van der Waals surface area contributed by atoms with Crippen LogP contribution in [-0.4, -0.2) is 34.6 Å². The Morgan fingerprint density at radius 3 is 2.89 bits per heavy atom. The van der Waals surface area contributed by atoms with Crippen molar-refractivity contribution < 1.29 is 9.90 Å². The normalized spacial score (nSPS) is 23.3. The Morgan fingerprint density at radius 2 is 2.26 bits per heavy atom. The third-order valence-corrected chi connectivity index (χ3v) is 3.52. The minimum absolute atomic E-state index is 0.0899. The van der Waals surface area contributed by atoms with Crippen LogP contribution in [0.15, 0.2) is 18.2 Å². The van der Waals surface area contributed by atoms with Crippen LogP contribution in [-0.2, 0) is 0 Å². The number of hydrazine groups is 1. The summed E-state index contributed by atoms with van der Waals surface area (Å²) in [6.45, 7) is 4.75. The zero-order valence-electron chi connectivity index (χ0n) is 11.4. The Hall–Kier alpha value is -1.59. The van der Waals surface area contributed by atoms with Gasteiger partial charge in [-0.15, -0.1) is 0 Å². The molecule has 1 atom stereocenters. The molecule has 1 aliphatic heterocycles. The van der Waals surface area contributed by atoms with Crippen molar-refractivity contribution in [3.8, 4) is 0 Å². The van der Waals surface area contributed by atoms with E-state index in [0.29, 0.717) is 24.3 Å². The Labute approximate surface area is 113 Å². The molecule has 0 radical (unpaired) electrons. The maximum Gasteiger partial charge on any atom is 0.256 e. The van der Waals surface area contributed by atoms with Gasteiger partial charge >= 0.3 is 0 Å². The van der Waals surface area contributed by atoms with Gasteiger partial charge in [-0.25, -0.2) is 0 Å². The fourth-order valence-corrected chi connectivity index (χ4v) is 2.53. The third-order valence-electron chi connectivity index (χ3n) is 3.52. The minimum Gasteiger partial charge on any atom is -0.388 e. The SMILES string of the molecule is Cc1ccc(C(=O)N2CCCC(C)(O)C2)c(NN)c1. The van der Waals surface area contributed by atoms with Gasteiger partial charge in [0, 0.05) is 13.1 Å². The van der Waals surface area contributed by atoms with E-state index >= 15 is 0 Å². The van der Waals surface area contributed by atoms with Gasteiger partial charge < -0.3 is 15.4 Å². The van der Waals surface area contributed by atoms with E-state index in [9.17, 15) is 9.90 Å². The molecule has 1 fully saturated rings. The highest BCUT2D eigenvalue weighted by molar-refractivity contribution is 5.99. The summed E-state index contributed by atoms with van der Waals surface area (Å²) in [4.78, 5) is 14.2. The number of aryl methyl sites for hydroxylation is 1. The lowest BCUT2D eigenvalue weighted by molar-refractivity contribution is -0.0107. The van der Waals surface area contributed by atoms with E-state index in [1.807, 2.05) is 19.1 Å². The predicted octanol–water partition coefficient (Wildman–Crippen LogP) is 1.27. The number of β-amino-alcohol motifs (C(OH)–C–C–N with tert-alkyl or cyclic N) is 1. The van der Waals surface area contributed by atoms with Crippen molar-refractivity contribution in [2.45, 2.75) is 32.3 Å². The summed E-state index contributed by atoms with van der Waals surface area (Å²) >= 11 is 0. The number of anilines is 1. The zero-order valence-corrected chi connectivity index (χ0v) is 11.4. The molecule has 4 N–H and O–H groups in total. The van der Waals surface area contributed by atoms with Crippen LogP contribution in [0.2, 0.25) is 0 Å². The van der Waals surface area contributed by atoms with Crippen LogP contribution in [0.1, 0.15) is 35.7 Å². The average molecular weight is 263 g/mol. The van der Waals surface area contributed by atoms with Crippen molar-refractivity contribution >= 4 is 11.6 Å². The molecule has 0 spiro atoms. The molecule has 1 heterocycles. The highest BCUT2D eigenvalue weighted by atomic mass is 16.3. The number of nitrogen functional groups attached to an aromatic ring is 1. The molecule has 0 saturated carbocycles. The van der Waals surface area contributed by atoms with Gasteiger partial charge in [0.2, 0.25) is 0 Å². The van der Waals surface area contributed by atoms with Crippen molar-refractivity contribution in [1.82, 2.24) is 4.90 Å². The van der Waals surface area contributed by atoms with Gasteiger partial charge in [0.15, 0.2) is 0 Å². The lowest BCUT2D eigenvalue weighted by Crippen LogP contribution is -2.48. The Bertz CT molecular complexity index is 486. The number of likely N-dealkylation sites (tertiary alicyclic amines) is 1. The quantitative estimate of drug-likeness (QED) is 0.554. The van der Waals surface area contributed by atoms with Crippen LogP contribution < -0.4 is 11.3 Å². The predicted molar refractivity (Wildman–Crippen MR) is 74.8 cm³/mol. The molecule has 0 bridgehead atoms. The summed E-state index contributed by atoms with van der Waals surface area (Å²) in [5.41, 5.74) is 3.98. The highest BCUT2D eigenvalue weighted by Gasteiger charge is 2.31. The van der Waals surface area contributed by atoms with E-state index in [1.165, 1.54) is 0 Å². The summed E-state index contributed by atoms with van der Waals surface area (Å²) in [6, 6.07) is 5.50. The van der Waals surface area contributed by atoms with E-state index in [4.69, 9.17) is 5.84 Å². The Morgan fingerprint density at radius 1 is 1.53 bits per heavy atom. The smallest absolute Gasteiger partial charge is 0.256 e. The maximum absolute atomic E-state index is 12.5. The molecule has 2 rings (SSSR count). The Kier molecular flexibility index (Phi) is 3.78. The second-order valence-electron chi connectivity index (χ2n) is 5.52. The molecule has 1 amide bonds. The monoisotopic (exact) mass is 263 g/mol. The first-order valence-corrected chi connectivity index (χ1v) is 6.52. The fraction of sp³-hybridized carbons (Fsp3) is 0.500. The number of aliphatic hydroxyl groups is 1. The van der Waals surface area contributed by atoms with Crippen molar-refractivity contribution in [2.24, 2.45) is 5.84 Å².